The number of nitrogens with one attached hydrogen (secondary N) is 2. The number of nitrogens with zero attached hydrogens (tertiary/aromatic N) is 6. The Balaban J connectivity index is 1.41. The highest BCUT2D eigenvalue weighted by atomic mass is 15.4. The van der Waals surface area contributed by atoms with Gasteiger partial charge in [-0.3, -0.25) is 0 Å². The van der Waals surface area contributed by atoms with Gasteiger partial charge in [-0.15, -0.1) is 0 Å². The lowest BCUT2D eigenvalue weighted by atomic mass is 10.1. The fourth-order valence-electron chi connectivity index (χ4n) is 4.49. The predicted octanol–water partition coefficient (Wildman–Crippen LogP) is 4.09. The molecule has 5 rings (SSSR count). The largest absolute Gasteiger partial charge is 0.358 e. The van der Waals surface area contributed by atoms with E-state index in [-0.39, 0.29) is 0 Å². The van der Waals surface area contributed by atoms with Gasteiger partial charge in [0, 0.05) is 48.3 Å². The third kappa shape index (κ3) is 4.33. The Kier molecular flexibility index (Phi) is 5.69. The summed E-state index contributed by atoms with van der Waals surface area (Å²) in [5, 5.41) is 5.64. The van der Waals surface area contributed by atoms with E-state index in [1.165, 1.54) is 38.5 Å². The van der Waals surface area contributed by atoms with E-state index in [0.717, 1.165) is 60.2 Å². The van der Waals surface area contributed by atoms with Crippen LogP contribution in [0.2, 0.25) is 0 Å². The maximum absolute atomic E-state index is 4.83. The molecular weight excluding hydrogens is 388 g/mol. The highest BCUT2D eigenvalue weighted by Gasteiger charge is 2.20. The SMILES string of the molecule is Cc1[nH]c2ccccc2c1/C=N\Nc1nc(N2CCCCC2)nc(N2CCCCC2)n1. The fraction of sp³-hybridized carbons (Fsp3) is 0.478. The van der Waals surface area contributed by atoms with Crippen molar-refractivity contribution in [3.8, 4) is 0 Å². The number of hydrogen-bond donors (Lipinski definition) is 2. The molecule has 0 amide bonds. The highest BCUT2D eigenvalue weighted by molar-refractivity contribution is 6.00. The van der Waals surface area contributed by atoms with Crippen LogP contribution >= 0.6 is 0 Å². The zero-order valence-corrected chi connectivity index (χ0v) is 18.1. The van der Waals surface area contributed by atoms with Gasteiger partial charge < -0.3 is 14.8 Å². The topological polar surface area (TPSA) is 85.3 Å². The highest BCUT2D eigenvalue weighted by Crippen LogP contribution is 2.23. The van der Waals surface area contributed by atoms with E-state index in [9.17, 15) is 0 Å². The summed E-state index contributed by atoms with van der Waals surface area (Å²) in [6.45, 7) is 6.07. The molecule has 0 saturated carbocycles. The molecule has 1 aromatic carbocycles. The Morgan fingerprint density at radius 3 is 2.13 bits per heavy atom. The summed E-state index contributed by atoms with van der Waals surface area (Å²) in [6, 6.07) is 8.26. The summed E-state index contributed by atoms with van der Waals surface area (Å²) in [5.74, 6) is 2.03. The molecule has 0 atom stereocenters. The van der Waals surface area contributed by atoms with Crippen molar-refractivity contribution < 1.29 is 0 Å². The number of H-pyrrole nitrogens is 1. The Morgan fingerprint density at radius 2 is 1.48 bits per heavy atom. The molecule has 2 saturated heterocycles. The number of para-hydroxylation sites is 1. The smallest absolute Gasteiger partial charge is 0.250 e. The number of fused-ring (bicyclic) bond motifs is 1. The van der Waals surface area contributed by atoms with Crippen LogP contribution in [0.1, 0.15) is 49.8 Å². The van der Waals surface area contributed by atoms with Crippen LogP contribution in [0.3, 0.4) is 0 Å². The third-order valence-electron chi connectivity index (χ3n) is 6.19. The van der Waals surface area contributed by atoms with Crippen LogP contribution in [0.25, 0.3) is 10.9 Å². The van der Waals surface area contributed by atoms with E-state index in [1.54, 1.807) is 0 Å². The first kappa shape index (κ1) is 19.8. The normalized spacial score (nSPS) is 17.6. The average molecular weight is 419 g/mol. The van der Waals surface area contributed by atoms with Gasteiger partial charge in [0.15, 0.2) is 0 Å². The molecule has 31 heavy (non-hydrogen) atoms. The molecule has 2 aliphatic rings. The van der Waals surface area contributed by atoms with Gasteiger partial charge in [0.2, 0.25) is 17.8 Å². The first-order valence-corrected chi connectivity index (χ1v) is 11.4. The number of aromatic nitrogens is 4. The van der Waals surface area contributed by atoms with Gasteiger partial charge in [-0.2, -0.15) is 20.1 Å². The molecule has 2 aliphatic heterocycles. The molecule has 162 valence electrons. The van der Waals surface area contributed by atoms with Crippen molar-refractivity contribution >= 4 is 35.0 Å². The first-order chi connectivity index (χ1) is 15.3. The summed E-state index contributed by atoms with van der Waals surface area (Å²) < 4.78 is 0. The lowest BCUT2D eigenvalue weighted by molar-refractivity contribution is 0.556. The molecule has 0 spiro atoms. The minimum absolute atomic E-state index is 0.505. The van der Waals surface area contributed by atoms with Crippen LogP contribution in [0.4, 0.5) is 17.8 Å². The summed E-state index contributed by atoms with van der Waals surface area (Å²) in [4.78, 5) is 22.2. The van der Waals surface area contributed by atoms with E-state index < -0.39 is 0 Å². The summed E-state index contributed by atoms with van der Waals surface area (Å²) >= 11 is 0. The number of benzene rings is 1. The number of piperidine rings is 2. The van der Waals surface area contributed by atoms with Crippen LogP contribution < -0.4 is 15.2 Å². The first-order valence-electron chi connectivity index (χ1n) is 11.4. The molecular formula is C23H30N8. The Labute approximate surface area is 182 Å². The van der Waals surface area contributed by atoms with E-state index >= 15 is 0 Å². The molecule has 8 heteroatoms. The van der Waals surface area contributed by atoms with Gasteiger partial charge in [0.1, 0.15) is 0 Å². The van der Waals surface area contributed by atoms with Crippen molar-refractivity contribution in [1.82, 2.24) is 19.9 Å². The number of rotatable bonds is 5. The van der Waals surface area contributed by atoms with Crippen LogP contribution in [-0.2, 0) is 0 Å². The minimum Gasteiger partial charge on any atom is -0.358 e. The number of hydrogen-bond acceptors (Lipinski definition) is 7. The molecule has 2 fully saturated rings. The molecule has 0 aliphatic carbocycles. The van der Waals surface area contributed by atoms with Gasteiger partial charge in [0.25, 0.3) is 0 Å². The third-order valence-corrected chi connectivity index (χ3v) is 6.19. The summed E-state index contributed by atoms with van der Waals surface area (Å²) in [7, 11) is 0. The Bertz CT molecular complexity index is 1020. The van der Waals surface area contributed by atoms with Gasteiger partial charge in [-0.1, -0.05) is 18.2 Å². The van der Waals surface area contributed by atoms with E-state index in [1.807, 2.05) is 18.3 Å². The number of aromatic amines is 1. The maximum Gasteiger partial charge on any atom is 0.250 e. The number of anilines is 3. The Hall–Kier alpha value is -3.16. The molecule has 2 aromatic heterocycles. The van der Waals surface area contributed by atoms with E-state index in [4.69, 9.17) is 15.0 Å². The fourth-order valence-corrected chi connectivity index (χ4v) is 4.49. The molecule has 8 nitrogen and oxygen atoms in total. The standard InChI is InChI=1S/C23H30N8/c1-17-19(18-10-4-5-11-20(18)25-17)16-24-29-21-26-22(30-12-6-2-7-13-30)28-23(27-21)31-14-8-3-9-15-31/h4-5,10-11,16,25H,2-3,6-9,12-15H2,1H3,(H,26,27,28,29)/b24-16-. The second-order valence-electron chi connectivity index (χ2n) is 8.43. The van der Waals surface area contributed by atoms with Gasteiger partial charge in [-0.25, -0.2) is 5.43 Å². The van der Waals surface area contributed by atoms with E-state index in [2.05, 4.69) is 44.4 Å². The van der Waals surface area contributed by atoms with E-state index in [0.29, 0.717) is 5.95 Å². The molecule has 3 aromatic rings. The van der Waals surface area contributed by atoms with Gasteiger partial charge in [0.05, 0.1) is 6.21 Å². The molecule has 2 N–H and O–H groups in total. The zero-order valence-electron chi connectivity index (χ0n) is 18.1. The molecule has 0 unspecified atom stereocenters. The second-order valence-corrected chi connectivity index (χ2v) is 8.43. The van der Waals surface area contributed by atoms with Gasteiger partial charge >= 0.3 is 0 Å². The number of aryl methyl sites for hydroxylation is 1. The van der Waals surface area contributed by atoms with Crippen LogP contribution in [-0.4, -0.2) is 52.3 Å². The maximum atomic E-state index is 4.83. The van der Waals surface area contributed by atoms with Crippen LogP contribution in [0.15, 0.2) is 29.4 Å². The summed E-state index contributed by atoms with van der Waals surface area (Å²) in [5.41, 5.74) is 6.35. The molecule has 0 bridgehead atoms. The zero-order chi connectivity index (χ0) is 21.0. The second kappa shape index (κ2) is 8.91. The van der Waals surface area contributed by atoms with Gasteiger partial charge in [-0.05, 0) is 51.5 Å². The summed E-state index contributed by atoms with van der Waals surface area (Å²) in [6.07, 6.45) is 9.15. The van der Waals surface area contributed by atoms with Crippen molar-refractivity contribution in [2.24, 2.45) is 5.10 Å². The van der Waals surface area contributed by atoms with Crippen LogP contribution in [0.5, 0.6) is 0 Å². The lowest BCUT2D eigenvalue weighted by Gasteiger charge is -2.30. The lowest BCUT2D eigenvalue weighted by Crippen LogP contribution is -2.34. The minimum atomic E-state index is 0.505. The van der Waals surface area contributed by atoms with Crippen molar-refractivity contribution in [2.45, 2.75) is 45.4 Å². The van der Waals surface area contributed by atoms with Crippen molar-refractivity contribution in [3.05, 3.63) is 35.5 Å². The van der Waals surface area contributed by atoms with Crippen molar-refractivity contribution in [1.29, 1.82) is 0 Å². The molecule has 0 radical (unpaired) electrons. The average Bonchev–Trinajstić information content (AvgIpc) is 3.15. The number of hydrazone groups is 1. The Morgan fingerprint density at radius 1 is 0.871 bits per heavy atom. The monoisotopic (exact) mass is 418 g/mol. The van der Waals surface area contributed by atoms with Crippen LogP contribution in [0, 0.1) is 6.92 Å². The molecule has 4 heterocycles. The van der Waals surface area contributed by atoms with Crippen molar-refractivity contribution in [3.63, 3.8) is 0 Å². The quantitative estimate of drug-likeness (QED) is 0.480. The predicted molar refractivity (Wildman–Crippen MR) is 126 cm³/mol. The van der Waals surface area contributed by atoms with Crippen molar-refractivity contribution in [2.75, 3.05) is 41.4 Å².